The third kappa shape index (κ3) is 4.94. The average molecular weight is 373 g/mol. The van der Waals surface area contributed by atoms with Crippen molar-refractivity contribution in [3.8, 4) is 0 Å². The van der Waals surface area contributed by atoms with Gasteiger partial charge in [0.15, 0.2) is 0 Å². The van der Waals surface area contributed by atoms with E-state index in [0.717, 1.165) is 37.3 Å². The van der Waals surface area contributed by atoms with Crippen molar-refractivity contribution in [1.29, 1.82) is 0 Å². The lowest BCUT2D eigenvalue weighted by Crippen LogP contribution is -2.35. The van der Waals surface area contributed by atoms with Crippen molar-refractivity contribution in [2.75, 3.05) is 24.5 Å². The van der Waals surface area contributed by atoms with E-state index in [1.807, 2.05) is 31.2 Å². The number of benzene rings is 1. The topological polar surface area (TPSA) is 58.1 Å². The molecule has 2 aromatic rings. The zero-order chi connectivity index (χ0) is 18.5. The first-order chi connectivity index (χ1) is 12.5. The number of rotatable bonds is 5. The van der Waals surface area contributed by atoms with E-state index in [2.05, 4.69) is 27.1 Å². The zero-order valence-electron chi connectivity index (χ0n) is 15.3. The van der Waals surface area contributed by atoms with Crippen molar-refractivity contribution >= 4 is 23.3 Å². The lowest BCUT2D eigenvalue weighted by Gasteiger charge is -2.32. The lowest BCUT2D eigenvalue weighted by atomic mass is 10.0. The van der Waals surface area contributed by atoms with Crippen LogP contribution in [-0.4, -0.2) is 35.5 Å². The van der Waals surface area contributed by atoms with Crippen molar-refractivity contribution in [3.05, 3.63) is 52.4 Å². The van der Waals surface area contributed by atoms with E-state index < -0.39 is 0 Å². The summed E-state index contributed by atoms with van der Waals surface area (Å²) in [6.45, 7) is 6.59. The second kappa shape index (κ2) is 8.49. The number of anilines is 1. The first-order valence-electron chi connectivity index (χ1n) is 9.14. The summed E-state index contributed by atoms with van der Waals surface area (Å²) in [5, 5.41) is 3.65. The van der Waals surface area contributed by atoms with Gasteiger partial charge in [-0.2, -0.15) is 0 Å². The van der Waals surface area contributed by atoms with E-state index in [1.165, 1.54) is 6.42 Å². The monoisotopic (exact) mass is 372 g/mol. The molecule has 138 valence electrons. The molecule has 1 fully saturated rings. The molecule has 1 unspecified atom stereocenters. The maximum Gasteiger partial charge on any atom is 0.270 e. The molecular formula is C20H25ClN4O. The SMILES string of the molecule is Cc1nc(C(=O)NCCc2cccc(Cl)c2)cc(N2CCCC(C)C2)n1. The van der Waals surface area contributed by atoms with E-state index in [-0.39, 0.29) is 5.91 Å². The Morgan fingerprint density at radius 1 is 1.35 bits per heavy atom. The fourth-order valence-corrected chi connectivity index (χ4v) is 3.54. The molecule has 1 N–H and O–H groups in total. The van der Waals surface area contributed by atoms with Crippen LogP contribution < -0.4 is 10.2 Å². The van der Waals surface area contributed by atoms with Gasteiger partial charge in [0.05, 0.1) is 0 Å². The average Bonchev–Trinajstić information content (AvgIpc) is 2.61. The number of piperidine rings is 1. The van der Waals surface area contributed by atoms with Gasteiger partial charge in [0.25, 0.3) is 5.91 Å². The summed E-state index contributed by atoms with van der Waals surface area (Å²) in [6.07, 6.45) is 3.13. The number of carbonyl (C=O) groups is 1. The van der Waals surface area contributed by atoms with Crippen LogP contribution in [0.3, 0.4) is 0 Å². The molecular weight excluding hydrogens is 348 g/mol. The highest BCUT2D eigenvalue weighted by molar-refractivity contribution is 6.30. The summed E-state index contributed by atoms with van der Waals surface area (Å²) >= 11 is 5.99. The molecule has 1 aliphatic rings. The molecule has 1 amide bonds. The Morgan fingerprint density at radius 2 is 2.19 bits per heavy atom. The molecule has 1 aromatic heterocycles. The van der Waals surface area contributed by atoms with E-state index in [0.29, 0.717) is 29.0 Å². The van der Waals surface area contributed by atoms with Gasteiger partial charge < -0.3 is 10.2 Å². The normalized spacial score (nSPS) is 17.2. The van der Waals surface area contributed by atoms with Gasteiger partial charge in [0.1, 0.15) is 17.3 Å². The van der Waals surface area contributed by atoms with Gasteiger partial charge in [-0.05, 0) is 49.8 Å². The predicted molar refractivity (Wildman–Crippen MR) is 105 cm³/mol. The molecule has 1 saturated heterocycles. The number of aryl methyl sites for hydroxylation is 1. The van der Waals surface area contributed by atoms with E-state index >= 15 is 0 Å². The Labute approximate surface area is 159 Å². The van der Waals surface area contributed by atoms with E-state index in [1.54, 1.807) is 6.07 Å². The molecule has 26 heavy (non-hydrogen) atoms. The van der Waals surface area contributed by atoms with E-state index in [4.69, 9.17) is 11.6 Å². The van der Waals surface area contributed by atoms with Crippen LogP contribution in [0.5, 0.6) is 0 Å². The smallest absolute Gasteiger partial charge is 0.270 e. The van der Waals surface area contributed by atoms with Crippen LogP contribution in [0.2, 0.25) is 5.02 Å². The molecule has 2 heterocycles. The van der Waals surface area contributed by atoms with Crippen molar-refractivity contribution in [3.63, 3.8) is 0 Å². The van der Waals surface area contributed by atoms with Crippen LogP contribution in [-0.2, 0) is 6.42 Å². The highest BCUT2D eigenvalue weighted by Crippen LogP contribution is 2.22. The molecule has 0 saturated carbocycles. The standard InChI is InChI=1S/C20H25ClN4O/c1-14-5-4-10-25(13-14)19-12-18(23-15(2)24-19)20(26)22-9-8-16-6-3-7-17(21)11-16/h3,6-7,11-12,14H,4-5,8-10,13H2,1-2H3,(H,22,26). The Morgan fingerprint density at radius 3 is 2.96 bits per heavy atom. The molecule has 0 bridgehead atoms. The van der Waals surface area contributed by atoms with Gasteiger partial charge in [-0.1, -0.05) is 30.7 Å². The number of nitrogens with zero attached hydrogens (tertiary/aromatic N) is 3. The van der Waals surface area contributed by atoms with Gasteiger partial charge in [0, 0.05) is 30.7 Å². The Balaban J connectivity index is 1.63. The summed E-state index contributed by atoms with van der Waals surface area (Å²) in [5.74, 6) is 1.96. The first kappa shape index (κ1) is 18.6. The second-order valence-corrected chi connectivity index (χ2v) is 7.42. The summed E-state index contributed by atoms with van der Waals surface area (Å²) in [7, 11) is 0. The largest absolute Gasteiger partial charge is 0.356 e. The Hall–Kier alpha value is -2.14. The highest BCUT2D eigenvalue weighted by atomic mass is 35.5. The Bertz CT molecular complexity index is 780. The van der Waals surface area contributed by atoms with Gasteiger partial charge in [-0.3, -0.25) is 4.79 Å². The van der Waals surface area contributed by atoms with Gasteiger partial charge in [0.2, 0.25) is 0 Å². The number of carbonyl (C=O) groups excluding carboxylic acids is 1. The van der Waals surface area contributed by atoms with Gasteiger partial charge in [-0.15, -0.1) is 0 Å². The number of halogens is 1. The van der Waals surface area contributed by atoms with Crippen molar-refractivity contribution in [1.82, 2.24) is 15.3 Å². The van der Waals surface area contributed by atoms with Crippen molar-refractivity contribution in [2.45, 2.75) is 33.1 Å². The summed E-state index contributed by atoms with van der Waals surface area (Å²) < 4.78 is 0. The van der Waals surface area contributed by atoms with Crippen LogP contribution >= 0.6 is 11.6 Å². The number of hydrogen-bond donors (Lipinski definition) is 1. The maximum absolute atomic E-state index is 12.5. The molecule has 0 spiro atoms. The highest BCUT2D eigenvalue weighted by Gasteiger charge is 2.19. The third-order valence-electron chi connectivity index (χ3n) is 4.63. The van der Waals surface area contributed by atoms with Gasteiger partial charge in [-0.25, -0.2) is 9.97 Å². The minimum absolute atomic E-state index is 0.163. The molecule has 3 rings (SSSR count). The van der Waals surface area contributed by atoms with Gasteiger partial charge >= 0.3 is 0 Å². The summed E-state index contributed by atoms with van der Waals surface area (Å²) in [4.78, 5) is 23.6. The minimum Gasteiger partial charge on any atom is -0.356 e. The first-order valence-corrected chi connectivity index (χ1v) is 9.52. The number of nitrogens with one attached hydrogen (secondary N) is 1. The molecule has 6 heteroatoms. The van der Waals surface area contributed by atoms with E-state index in [9.17, 15) is 4.79 Å². The molecule has 1 atom stereocenters. The van der Waals surface area contributed by atoms with Crippen molar-refractivity contribution < 1.29 is 4.79 Å². The minimum atomic E-state index is -0.163. The fourth-order valence-electron chi connectivity index (χ4n) is 3.33. The Kier molecular flexibility index (Phi) is 6.09. The number of hydrogen-bond acceptors (Lipinski definition) is 4. The lowest BCUT2D eigenvalue weighted by molar-refractivity contribution is 0.0948. The van der Waals surface area contributed by atoms with Crippen LogP contribution in [0.1, 0.15) is 41.6 Å². The van der Waals surface area contributed by atoms with Crippen molar-refractivity contribution in [2.24, 2.45) is 5.92 Å². The quantitative estimate of drug-likeness (QED) is 0.870. The number of aromatic nitrogens is 2. The summed E-state index contributed by atoms with van der Waals surface area (Å²) in [5.41, 5.74) is 1.52. The molecule has 1 aliphatic heterocycles. The molecule has 5 nitrogen and oxygen atoms in total. The summed E-state index contributed by atoms with van der Waals surface area (Å²) in [6, 6.07) is 9.48. The number of amides is 1. The maximum atomic E-state index is 12.5. The van der Waals surface area contributed by atoms with Crippen LogP contribution in [0.25, 0.3) is 0 Å². The predicted octanol–water partition coefficient (Wildman–Crippen LogP) is 3.65. The molecule has 0 aliphatic carbocycles. The molecule has 0 radical (unpaired) electrons. The zero-order valence-corrected chi connectivity index (χ0v) is 16.1. The van der Waals surface area contributed by atoms with Crippen LogP contribution in [0, 0.1) is 12.8 Å². The molecule has 1 aromatic carbocycles. The fraction of sp³-hybridized carbons (Fsp3) is 0.450. The third-order valence-corrected chi connectivity index (χ3v) is 4.86. The second-order valence-electron chi connectivity index (χ2n) is 6.99. The van der Waals surface area contributed by atoms with Crippen LogP contribution in [0.15, 0.2) is 30.3 Å². The van der Waals surface area contributed by atoms with Crippen LogP contribution in [0.4, 0.5) is 5.82 Å².